The number of rotatable bonds is 3. The fourth-order valence-electron chi connectivity index (χ4n) is 3.72. The van der Waals surface area contributed by atoms with Crippen LogP contribution in [0.15, 0.2) is 0 Å². The summed E-state index contributed by atoms with van der Waals surface area (Å²) in [5.74, 6) is 4.39. The van der Waals surface area contributed by atoms with Crippen molar-refractivity contribution in [1.29, 1.82) is 0 Å². The monoisotopic (exact) mass is 326 g/mol. The Morgan fingerprint density at radius 3 is 2.75 bits per heavy atom. The Bertz CT molecular complexity index is 748. The highest BCUT2D eigenvalue weighted by Crippen LogP contribution is 2.27. The van der Waals surface area contributed by atoms with Gasteiger partial charge in [-0.15, -0.1) is 0 Å². The first kappa shape index (κ1) is 15.5. The van der Waals surface area contributed by atoms with E-state index >= 15 is 0 Å². The summed E-state index contributed by atoms with van der Waals surface area (Å²) in [6.07, 6.45) is 6.72. The van der Waals surface area contributed by atoms with Crippen LogP contribution in [0.4, 0.5) is 5.82 Å². The summed E-state index contributed by atoms with van der Waals surface area (Å²) in [7, 11) is 0. The van der Waals surface area contributed by atoms with Gasteiger partial charge >= 0.3 is 0 Å². The topological polar surface area (TPSA) is 68.5 Å². The third-order valence-electron chi connectivity index (χ3n) is 5.03. The molecule has 1 aliphatic heterocycles. The minimum atomic E-state index is 0.361. The number of fused-ring (bicyclic) bond motifs is 2. The fourth-order valence-corrected chi connectivity index (χ4v) is 3.72. The van der Waals surface area contributed by atoms with Gasteiger partial charge in [0.2, 0.25) is 0 Å². The van der Waals surface area contributed by atoms with Crippen LogP contribution >= 0.6 is 0 Å². The molecule has 3 heterocycles. The first-order chi connectivity index (χ1) is 11.6. The van der Waals surface area contributed by atoms with E-state index in [4.69, 9.17) is 4.98 Å². The summed E-state index contributed by atoms with van der Waals surface area (Å²) >= 11 is 0. The molecule has 6 heteroatoms. The third kappa shape index (κ3) is 2.89. The zero-order valence-electron chi connectivity index (χ0n) is 14.8. The van der Waals surface area contributed by atoms with Crippen molar-refractivity contribution in [2.75, 3.05) is 5.32 Å². The Kier molecular flexibility index (Phi) is 3.98. The van der Waals surface area contributed by atoms with Crippen molar-refractivity contribution >= 4 is 5.82 Å². The van der Waals surface area contributed by atoms with Crippen LogP contribution in [-0.4, -0.2) is 30.8 Å². The van der Waals surface area contributed by atoms with Gasteiger partial charge in [-0.05, 0) is 39.0 Å². The molecule has 0 amide bonds. The predicted molar refractivity (Wildman–Crippen MR) is 93.3 cm³/mol. The maximum Gasteiger partial charge on any atom is 0.153 e. The van der Waals surface area contributed by atoms with Crippen LogP contribution in [0.1, 0.15) is 67.8 Å². The molecule has 2 aromatic heterocycles. The van der Waals surface area contributed by atoms with Gasteiger partial charge < -0.3 is 5.32 Å². The van der Waals surface area contributed by atoms with E-state index in [-0.39, 0.29) is 0 Å². The van der Waals surface area contributed by atoms with Gasteiger partial charge in [0.1, 0.15) is 17.5 Å². The molecular weight excluding hydrogens is 300 g/mol. The molecule has 1 atom stereocenters. The smallest absolute Gasteiger partial charge is 0.153 e. The second kappa shape index (κ2) is 6.15. The summed E-state index contributed by atoms with van der Waals surface area (Å²) < 4.78 is 2.08. The molecule has 0 bridgehead atoms. The molecular formula is C18H26N6. The first-order valence-electron chi connectivity index (χ1n) is 9.16. The van der Waals surface area contributed by atoms with E-state index in [2.05, 4.69) is 38.9 Å². The molecule has 6 nitrogen and oxygen atoms in total. The highest BCUT2D eigenvalue weighted by atomic mass is 15.4. The maximum absolute atomic E-state index is 4.70. The van der Waals surface area contributed by atoms with Crippen LogP contribution in [0.3, 0.4) is 0 Å². The summed E-state index contributed by atoms with van der Waals surface area (Å²) in [5, 5.41) is 8.37. The lowest BCUT2D eigenvalue weighted by Gasteiger charge is -2.26. The SMILES string of the molecule is Cc1nc2c(c(NC3CCc4nc(C(C)C)nn4C3)n1)CCCC2. The van der Waals surface area contributed by atoms with Gasteiger partial charge in [-0.1, -0.05) is 13.8 Å². The van der Waals surface area contributed by atoms with Gasteiger partial charge in [-0.2, -0.15) is 5.10 Å². The van der Waals surface area contributed by atoms with E-state index in [1.807, 2.05) is 6.92 Å². The number of aromatic nitrogens is 5. The summed E-state index contributed by atoms with van der Waals surface area (Å²) in [6.45, 7) is 7.15. The van der Waals surface area contributed by atoms with Crippen LogP contribution in [0.2, 0.25) is 0 Å². The number of nitrogens with one attached hydrogen (secondary N) is 1. The van der Waals surface area contributed by atoms with Gasteiger partial charge in [0.15, 0.2) is 5.82 Å². The van der Waals surface area contributed by atoms with Gasteiger partial charge in [0, 0.05) is 29.6 Å². The molecule has 0 aromatic carbocycles. The summed E-state index contributed by atoms with van der Waals surface area (Å²) in [6, 6.07) is 0.361. The highest BCUT2D eigenvalue weighted by molar-refractivity contribution is 5.48. The van der Waals surface area contributed by atoms with Crippen molar-refractivity contribution in [3.05, 3.63) is 28.7 Å². The molecule has 0 spiro atoms. The van der Waals surface area contributed by atoms with E-state index in [1.54, 1.807) is 0 Å². The molecule has 2 aliphatic rings. The van der Waals surface area contributed by atoms with Crippen molar-refractivity contribution in [2.45, 2.75) is 77.8 Å². The van der Waals surface area contributed by atoms with Gasteiger partial charge in [0.25, 0.3) is 0 Å². The number of aryl methyl sites for hydroxylation is 3. The normalized spacial score (nSPS) is 19.9. The highest BCUT2D eigenvalue weighted by Gasteiger charge is 2.24. The standard InChI is InChI=1S/C18H26N6/c1-11(2)17-22-16-9-8-13(10-24(16)23-17)21-18-14-6-4-5-7-15(14)19-12(3)20-18/h11,13H,4-10H2,1-3H3,(H,19,20,21). The van der Waals surface area contributed by atoms with E-state index < -0.39 is 0 Å². The zero-order valence-corrected chi connectivity index (χ0v) is 14.8. The largest absolute Gasteiger partial charge is 0.365 e. The van der Waals surface area contributed by atoms with Crippen LogP contribution in [-0.2, 0) is 25.8 Å². The number of anilines is 1. The lowest BCUT2D eigenvalue weighted by atomic mass is 9.96. The Balaban J connectivity index is 1.55. The van der Waals surface area contributed by atoms with Crippen LogP contribution in [0.5, 0.6) is 0 Å². The van der Waals surface area contributed by atoms with Crippen LogP contribution in [0, 0.1) is 6.92 Å². The number of hydrogen-bond acceptors (Lipinski definition) is 5. The number of hydrogen-bond donors (Lipinski definition) is 1. The fraction of sp³-hybridized carbons (Fsp3) is 0.667. The quantitative estimate of drug-likeness (QED) is 0.939. The van der Waals surface area contributed by atoms with Crippen molar-refractivity contribution in [2.24, 2.45) is 0 Å². The third-order valence-corrected chi connectivity index (χ3v) is 5.03. The average molecular weight is 326 g/mol. The predicted octanol–water partition coefficient (Wildman–Crippen LogP) is 2.81. The maximum atomic E-state index is 4.70. The van der Waals surface area contributed by atoms with E-state index in [1.165, 1.54) is 24.1 Å². The van der Waals surface area contributed by atoms with Crippen molar-refractivity contribution in [1.82, 2.24) is 24.7 Å². The molecule has 1 unspecified atom stereocenters. The van der Waals surface area contributed by atoms with Crippen molar-refractivity contribution in [3.8, 4) is 0 Å². The van der Waals surface area contributed by atoms with Crippen molar-refractivity contribution in [3.63, 3.8) is 0 Å². The minimum absolute atomic E-state index is 0.361. The van der Waals surface area contributed by atoms with Crippen LogP contribution in [0.25, 0.3) is 0 Å². The molecule has 0 radical (unpaired) electrons. The molecule has 2 aromatic rings. The zero-order chi connectivity index (χ0) is 16.7. The van der Waals surface area contributed by atoms with E-state index in [0.29, 0.717) is 12.0 Å². The van der Waals surface area contributed by atoms with Gasteiger partial charge in [-0.3, -0.25) is 0 Å². The second-order valence-electron chi connectivity index (χ2n) is 7.35. The number of nitrogens with zero attached hydrogens (tertiary/aromatic N) is 5. The Labute approximate surface area is 143 Å². The molecule has 0 fully saturated rings. The molecule has 1 aliphatic carbocycles. The Morgan fingerprint density at radius 1 is 1.08 bits per heavy atom. The Hall–Kier alpha value is -1.98. The Morgan fingerprint density at radius 2 is 1.92 bits per heavy atom. The van der Waals surface area contributed by atoms with Crippen LogP contribution < -0.4 is 5.32 Å². The minimum Gasteiger partial charge on any atom is -0.365 e. The van der Waals surface area contributed by atoms with E-state index in [0.717, 1.165) is 55.5 Å². The molecule has 0 saturated carbocycles. The lowest BCUT2D eigenvalue weighted by molar-refractivity contribution is 0.438. The second-order valence-corrected chi connectivity index (χ2v) is 7.35. The van der Waals surface area contributed by atoms with E-state index in [9.17, 15) is 0 Å². The van der Waals surface area contributed by atoms with Gasteiger partial charge in [0.05, 0.1) is 6.54 Å². The average Bonchev–Trinajstić information content (AvgIpc) is 2.98. The molecule has 24 heavy (non-hydrogen) atoms. The summed E-state index contributed by atoms with van der Waals surface area (Å²) in [4.78, 5) is 14.0. The lowest BCUT2D eigenvalue weighted by Crippen LogP contribution is -2.33. The summed E-state index contributed by atoms with van der Waals surface area (Å²) in [5.41, 5.74) is 2.58. The first-order valence-corrected chi connectivity index (χ1v) is 9.16. The molecule has 0 saturated heterocycles. The van der Waals surface area contributed by atoms with Crippen molar-refractivity contribution < 1.29 is 0 Å². The molecule has 128 valence electrons. The molecule has 4 rings (SSSR count). The molecule has 1 N–H and O–H groups in total. The van der Waals surface area contributed by atoms with Gasteiger partial charge in [-0.25, -0.2) is 19.6 Å².